The summed E-state index contributed by atoms with van der Waals surface area (Å²) in [6.45, 7) is 2.17. The molecule has 0 saturated heterocycles. The highest BCUT2D eigenvalue weighted by atomic mass is 16.4. The van der Waals surface area contributed by atoms with Gasteiger partial charge in [-0.3, -0.25) is 9.59 Å². The number of nitrogens with zero attached hydrogens (tertiary/aromatic N) is 1. The van der Waals surface area contributed by atoms with Crippen LogP contribution in [0, 0.1) is 0 Å². The van der Waals surface area contributed by atoms with E-state index in [1.165, 1.54) is 0 Å². The van der Waals surface area contributed by atoms with E-state index in [9.17, 15) is 9.59 Å². The minimum absolute atomic E-state index is 0.0247. The van der Waals surface area contributed by atoms with Gasteiger partial charge in [0.15, 0.2) is 0 Å². The van der Waals surface area contributed by atoms with Gasteiger partial charge < -0.3 is 10.0 Å². The molecule has 25 heavy (non-hydrogen) atoms. The molecule has 0 spiro atoms. The molecule has 3 aromatic carbocycles. The fourth-order valence-corrected chi connectivity index (χ4v) is 3.41. The largest absolute Gasteiger partial charge is 0.481 e. The summed E-state index contributed by atoms with van der Waals surface area (Å²) in [5, 5.41) is 11.2. The summed E-state index contributed by atoms with van der Waals surface area (Å²) in [6.07, 6.45) is 0. The molecule has 0 aromatic heterocycles. The van der Waals surface area contributed by atoms with Crippen LogP contribution in [-0.4, -0.2) is 17.0 Å². The summed E-state index contributed by atoms with van der Waals surface area (Å²) >= 11 is 0. The van der Waals surface area contributed by atoms with Crippen molar-refractivity contribution in [1.82, 2.24) is 0 Å². The third kappa shape index (κ3) is 2.47. The van der Waals surface area contributed by atoms with Crippen molar-refractivity contribution < 1.29 is 14.7 Å². The number of carboxylic acid groups (broad SMARTS) is 1. The van der Waals surface area contributed by atoms with Crippen LogP contribution in [0.3, 0.4) is 0 Å². The summed E-state index contributed by atoms with van der Waals surface area (Å²) in [5.41, 5.74) is 3.33. The number of carbonyl (C=O) groups is 2. The van der Waals surface area contributed by atoms with E-state index in [-0.39, 0.29) is 5.91 Å². The first kappa shape index (κ1) is 15.4. The normalized spacial score (nSPS) is 14.6. The van der Waals surface area contributed by atoms with E-state index in [1.54, 1.807) is 24.0 Å². The molecule has 4 heteroatoms. The van der Waals surface area contributed by atoms with Crippen molar-refractivity contribution in [2.45, 2.75) is 19.4 Å². The van der Waals surface area contributed by atoms with Gasteiger partial charge in [0.25, 0.3) is 5.91 Å². The highest BCUT2D eigenvalue weighted by molar-refractivity contribution is 6.17. The number of hydrogen-bond acceptors (Lipinski definition) is 2. The highest BCUT2D eigenvalue weighted by Crippen LogP contribution is 2.33. The van der Waals surface area contributed by atoms with E-state index < -0.39 is 11.9 Å². The number of rotatable bonds is 3. The predicted octanol–water partition coefficient (Wildman–Crippen LogP) is 4.19. The molecule has 1 amide bonds. The summed E-state index contributed by atoms with van der Waals surface area (Å²) in [4.78, 5) is 25.8. The quantitative estimate of drug-likeness (QED) is 0.783. The summed E-state index contributed by atoms with van der Waals surface area (Å²) in [6, 6.07) is 19.1. The molecule has 4 rings (SSSR count). The zero-order valence-corrected chi connectivity index (χ0v) is 13.8. The van der Waals surface area contributed by atoms with Gasteiger partial charge >= 0.3 is 5.97 Å². The lowest BCUT2D eigenvalue weighted by Gasteiger charge is -2.29. The van der Waals surface area contributed by atoms with Gasteiger partial charge in [0, 0.05) is 11.3 Å². The van der Waals surface area contributed by atoms with Crippen molar-refractivity contribution in [3.63, 3.8) is 0 Å². The summed E-state index contributed by atoms with van der Waals surface area (Å²) < 4.78 is 0. The molecule has 1 N–H and O–H groups in total. The van der Waals surface area contributed by atoms with Crippen LogP contribution in [0.15, 0.2) is 60.7 Å². The Bertz CT molecular complexity index is 986. The second-order valence-electron chi connectivity index (χ2n) is 6.36. The average molecular weight is 331 g/mol. The van der Waals surface area contributed by atoms with Crippen LogP contribution in [-0.2, 0) is 11.3 Å². The first-order valence-electron chi connectivity index (χ1n) is 8.21. The molecule has 1 aliphatic rings. The van der Waals surface area contributed by atoms with Gasteiger partial charge in [-0.1, -0.05) is 42.5 Å². The molecule has 0 fully saturated rings. The lowest BCUT2D eigenvalue weighted by Crippen LogP contribution is -2.33. The fraction of sp³-hybridized carbons (Fsp3) is 0.143. The van der Waals surface area contributed by atoms with Crippen molar-refractivity contribution in [3.8, 4) is 0 Å². The standard InChI is InChI=1S/C21H17NO3/c1-13(21(24)25)14-8-10-17(11-9-14)22-12-16-6-2-4-15-5-3-7-18(19(15)16)20(22)23/h2-11,13H,12H2,1H3,(H,24,25). The Labute approximate surface area is 145 Å². The first-order chi connectivity index (χ1) is 12.1. The van der Waals surface area contributed by atoms with E-state index in [1.807, 2.05) is 48.5 Å². The van der Waals surface area contributed by atoms with Crippen molar-refractivity contribution in [3.05, 3.63) is 77.4 Å². The molecule has 1 aliphatic heterocycles. The predicted molar refractivity (Wildman–Crippen MR) is 97.0 cm³/mol. The molecule has 1 heterocycles. The number of carbonyl (C=O) groups excluding carboxylic acids is 1. The van der Waals surface area contributed by atoms with Crippen LogP contribution in [0.2, 0.25) is 0 Å². The van der Waals surface area contributed by atoms with E-state index in [4.69, 9.17) is 5.11 Å². The van der Waals surface area contributed by atoms with Gasteiger partial charge in [0.1, 0.15) is 0 Å². The Morgan fingerprint density at radius 2 is 1.72 bits per heavy atom. The van der Waals surface area contributed by atoms with Crippen LogP contribution in [0.25, 0.3) is 10.8 Å². The van der Waals surface area contributed by atoms with E-state index >= 15 is 0 Å². The third-order valence-electron chi connectivity index (χ3n) is 4.87. The molecule has 0 saturated carbocycles. The molecule has 4 nitrogen and oxygen atoms in total. The Balaban J connectivity index is 1.73. The SMILES string of the molecule is CC(C(=O)O)c1ccc(N2Cc3cccc4cccc(c34)C2=O)cc1. The van der Waals surface area contributed by atoms with Crippen LogP contribution in [0.1, 0.15) is 34.3 Å². The smallest absolute Gasteiger partial charge is 0.310 e. The number of aliphatic carboxylic acids is 1. The van der Waals surface area contributed by atoms with Crippen molar-refractivity contribution in [2.75, 3.05) is 4.90 Å². The molecule has 3 aromatic rings. The Hall–Kier alpha value is -3.14. The van der Waals surface area contributed by atoms with Crippen LogP contribution >= 0.6 is 0 Å². The minimum Gasteiger partial charge on any atom is -0.481 e. The van der Waals surface area contributed by atoms with E-state index in [0.29, 0.717) is 12.1 Å². The maximum Gasteiger partial charge on any atom is 0.310 e. The second kappa shape index (κ2) is 5.74. The Morgan fingerprint density at radius 3 is 2.40 bits per heavy atom. The molecular formula is C21H17NO3. The van der Waals surface area contributed by atoms with E-state index in [2.05, 4.69) is 0 Å². The summed E-state index contributed by atoms with van der Waals surface area (Å²) in [5.74, 6) is -1.45. The van der Waals surface area contributed by atoms with Crippen molar-refractivity contribution in [1.29, 1.82) is 0 Å². The maximum absolute atomic E-state index is 13.0. The van der Waals surface area contributed by atoms with Crippen LogP contribution in [0.4, 0.5) is 5.69 Å². The monoisotopic (exact) mass is 331 g/mol. The topological polar surface area (TPSA) is 57.6 Å². The number of anilines is 1. The molecule has 0 radical (unpaired) electrons. The van der Waals surface area contributed by atoms with Gasteiger partial charge in [0.2, 0.25) is 0 Å². The Kier molecular flexibility index (Phi) is 3.53. The van der Waals surface area contributed by atoms with E-state index in [0.717, 1.165) is 27.6 Å². The third-order valence-corrected chi connectivity index (χ3v) is 4.87. The molecular weight excluding hydrogens is 314 g/mol. The van der Waals surface area contributed by atoms with Gasteiger partial charge in [-0.25, -0.2) is 0 Å². The molecule has 1 unspecified atom stereocenters. The van der Waals surface area contributed by atoms with Crippen molar-refractivity contribution in [2.24, 2.45) is 0 Å². The summed E-state index contributed by atoms with van der Waals surface area (Å²) in [7, 11) is 0. The fourth-order valence-electron chi connectivity index (χ4n) is 3.41. The number of hydrogen-bond donors (Lipinski definition) is 1. The number of benzene rings is 3. The van der Waals surface area contributed by atoms with Crippen molar-refractivity contribution >= 4 is 28.3 Å². The number of carboxylic acids is 1. The molecule has 124 valence electrons. The zero-order valence-electron chi connectivity index (χ0n) is 13.8. The van der Waals surface area contributed by atoms with Gasteiger partial charge in [-0.15, -0.1) is 0 Å². The van der Waals surface area contributed by atoms with Gasteiger partial charge in [-0.05, 0) is 47.0 Å². The lowest BCUT2D eigenvalue weighted by atomic mass is 9.94. The zero-order chi connectivity index (χ0) is 17.6. The average Bonchev–Trinajstić information content (AvgIpc) is 2.64. The minimum atomic E-state index is -0.859. The van der Waals surface area contributed by atoms with Gasteiger partial charge in [-0.2, -0.15) is 0 Å². The lowest BCUT2D eigenvalue weighted by molar-refractivity contribution is -0.138. The second-order valence-corrected chi connectivity index (χ2v) is 6.36. The molecule has 0 aliphatic carbocycles. The number of amides is 1. The first-order valence-corrected chi connectivity index (χ1v) is 8.21. The highest BCUT2D eigenvalue weighted by Gasteiger charge is 2.26. The maximum atomic E-state index is 13.0. The van der Waals surface area contributed by atoms with Crippen LogP contribution in [0.5, 0.6) is 0 Å². The van der Waals surface area contributed by atoms with Crippen LogP contribution < -0.4 is 4.90 Å². The van der Waals surface area contributed by atoms with Gasteiger partial charge in [0.05, 0.1) is 12.5 Å². The Morgan fingerprint density at radius 1 is 1.04 bits per heavy atom. The molecule has 0 bridgehead atoms. The molecule has 1 atom stereocenters.